The second-order valence-corrected chi connectivity index (χ2v) is 3.91. The fourth-order valence-electron chi connectivity index (χ4n) is 1.62. The number of aromatic nitrogens is 2. The van der Waals surface area contributed by atoms with Crippen LogP contribution in [0.3, 0.4) is 0 Å². The minimum atomic E-state index is -0.252. The quantitative estimate of drug-likeness (QED) is 0.859. The molecule has 2 rings (SSSR count). The van der Waals surface area contributed by atoms with Crippen LogP contribution >= 0.6 is 0 Å². The molecule has 0 aliphatic carbocycles. The largest absolute Gasteiger partial charge is 0.345 e. The smallest absolute Gasteiger partial charge is 0.163 e. The van der Waals surface area contributed by atoms with E-state index < -0.39 is 0 Å². The summed E-state index contributed by atoms with van der Waals surface area (Å²) >= 11 is 0. The second kappa shape index (κ2) is 6.47. The zero-order chi connectivity index (χ0) is 15.1. The van der Waals surface area contributed by atoms with Gasteiger partial charge in [-0.05, 0) is 17.7 Å². The zero-order valence-corrected chi connectivity index (χ0v) is 10.8. The number of rotatable bonds is 3. The molecule has 2 aromatic rings. The van der Waals surface area contributed by atoms with E-state index in [1.165, 1.54) is 6.33 Å². The number of anilines is 1. The van der Waals surface area contributed by atoms with Crippen molar-refractivity contribution in [2.24, 2.45) is 0 Å². The summed E-state index contributed by atoms with van der Waals surface area (Å²) in [5.41, 5.74) is 2.07. The molecule has 0 bridgehead atoms. The van der Waals surface area contributed by atoms with Crippen LogP contribution in [0.2, 0.25) is 0 Å². The van der Waals surface area contributed by atoms with E-state index in [2.05, 4.69) is 15.3 Å². The van der Waals surface area contributed by atoms with Gasteiger partial charge in [-0.25, -0.2) is 9.97 Å². The van der Waals surface area contributed by atoms with Gasteiger partial charge in [-0.3, -0.25) is 0 Å². The monoisotopic (exact) mass is 272 g/mol. The molecule has 1 N–H and O–H groups in total. The molecule has 98 valence electrons. The Morgan fingerprint density at radius 1 is 0.857 bits per heavy atom. The van der Waals surface area contributed by atoms with Crippen LogP contribution < -0.4 is 5.32 Å². The van der Waals surface area contributed by atoms with E-state index in [9.17, 15) is 0 Å². The molecular formula is C15H8N6. The number of nitrogens with one attached hydrogen (secondary N) is 1. The van der Waals surface area contributed by atoms with Crippen molar-refractivity contribution in [2.45, 2.75) is 0 Å². The predicted octanol–water partition coefficient (Wildman–Crippen LogP) is 2.38. The van der Waals surface area contributed by atoms with E-state index >= 15 is 0 Å². The summed E-state index contributed by atoms with van der Waals surface area (Å²) in [7, 11) is 0. The molecule has 6 nitrogen and oxygen atoms in total. The topological polar surface area (TPSA) is 109 Å². The summed E-state index contributed by atoms with van der Waals surface area (Å²) in [6.07, 6.45) is 4.84. The van der Waals surface area contributed by atoms with Crippen LogP contribution in [0.4, 0.5) is 5.69 Å². The van der Waals surface area contributed by atoms with E-state index in [0.29, 0.717) is 5.69 Å². The minimum Gasteiger partial charge on any atom is -0.345 e. The summed E-state index contributed by atoms with van der Waals surface area (Å²) < 4.78 is 0. The molecule has 6 heteroatoms. The Morgan fingerprint density at radius 3 is 2.00 bits per heavy atom. The number of nitrogens with zero attached hydrogens (tertiary/aromatic N) is 5. The molecule has 0 aliphatic heterocycles. The summed E-state index contributed by atoms with van der Waals surface area (Å²) in [5, 5.41) is 29.2. The molecule has 1 aromatic heterocycles. The third-order valence-electron chi connectivity index (χ3n) is 2.63. The van der Waals surface area contributed by atoms with Crippen LogP contribution in [0.1, 0.15) is 0 Å². The molecule has 0 amide bonds. The Kier molecular flexibility index (Phi) is 4.23. The molecular weight excluding hydrogens is 264 g/mol. The molecule has 0 fully saturated rings. The lowest BCUT2D eigenvalue weighted by molar-refractivity contribution is 1.17. The lowest BCUT2D eigenvalue weighted by Gasteiger charge is -2.06. The maximum atomic E-state index is 8.96. The van der Waals surface area contributed by atoms with Gasteiger partial charge in [0.15, 0.2) is 5.57 Å². The van der Waals surface area contributed by atoms with Gasteiger partial charge < -0.3 is 5.32 Å². The molecule has 0 spiro atoms. The minimum absolute atomic E-state index is 0.0733. The molecule has 0 saturated carbocycles. The maximum Gasteiger partial charge on any atom is 0.163 e. The SMILES string of the molecule is N#CC(C#N)=C(C#N)Nc1ccc(-c2cncnc2)cc1. The predicted molar refractivity (Wildman–Crippen MR) is 75.0 cm³/mol. The summed E-state index contributed by atoms with van der Waals surface area (Å²) in [5.74, 6) is 0. The van der Waals surface area contributed by atoms with Gasteiger partial charge in [0.2, 0.25) is 0 Å². The van der Waals surface area contributed by atoms with Gasteiger partial charge >= 0.3 is 0 Å². The normalized spacial score (nSPS) is 8.81. The Labute approximate surface area is 121 Å². The van der Waals surface area contributed by atoms with Gasteiger partial charge in [0.25, 0.3) is 0 Å². The van der Waals surface area contributed by atoms with Crippen molar-refractivity contribution < 1.29 is 0 Å². The van der Waals surface area contributed by atoms with Crippen molar-refractivity contribution in [2.75, 3.05) is 5.32 Å². The van der Waals surface area contributed by atoms with E-state index in [1.54, 1.807) is 42.7 Å². The Balaban J connectivity index is 2.26. The van der Waals surface area contributed by atoms with Crippen LogP contribution in [0.25, 0.3) is 11.1 Å². The van der Waals surface area contributed by atoms with E-state index in [4.69, 9.17) is 15.8 Å². The zero-order valence-electron chi connectivity index (χ0n) is 10.8. The van der Waals surface area contributed by atoms with E-state index in [0.717, 1.165) is 11.1 Å². The molecule has 0 aliphatic rings. The fraction of sp³-hybridized carbons (Fsp3) is 0. The Hall–Kier alpha value is -3.69. The van der Waals surface area contributed by atoms with Crippen molar-refractivity contribution in [1.82, 2.24) is 9.97 Å². The van der Waals surface area contributed by atoms with Crippen molar-refractivity contribution in [3.8, 4) is 29.3 Å². The van der Waals surface area contributed by atoms with Gasteiger partial charge in [-0.15, -0.1) is 0 Å². The van der Waals surface area contributed by atoms with Gasteiger partial charge in [0.05, 0.1) is 0 Å². The average Bonchev–Trinajstić information content (AvgIpc) is 2.56. The maximum absolute atomic E-state index is 8.96. The van der Waals surface area contributed by atoms with E-state index in [-0.39, 0.29) is 11.3 Å². The molecule has 21 heavy (non-hydrogen) atoms. The highest BCUT2D eigenvalue weighted by Crippen LogP contribution is 2.20. The highest BCUT2D eigenvalue weighted by atomic mass is 14.9. The molecule has 0 radical (unpaired) electrons. The molecule has 0 atom stereocenters. The summed E-state index contributed by atoms with van der Waals surface area (Å²) in [6, 6.07) is 12.3. The molecule has 0 saturated heterocycles. The highest BCUT2D eigenvalue weighted by Gasteiger charge is 2.06. The lowest BCUT2D eigenvalue weighted by Crippen LogP contribution is -2.00. The van der Waals surface area contributed by atoms with Gasteiger partial charge in [-0.2, -0.15) is 15.8 Å². The molecule has 1 aromatic carbocycles. The van der Waals surface area contributed by atoms with Crippen LogP contribution in [-0.4, -0.2) is 9.97 Å². The second-order valence-electron chi connectivity index (χ2n) is 3.91. The molecule has 1 heterocycles. The number of benzene rings is 1. The molecule has 0 unspecified atom stereocenters. The van der Waals surface area contributed by atoms with E-state index in [1.807, 2.05) is 12.1 Å². The van der Waals surface area contributed by atoms with Crippen LogP contribution in [0.5, 0.6) is 0 Å². The Bertz CT molecular complexity index is 769. The summed E-state index contributed by atoms with van der Waals surface area (Å²) in [4.78, 5) is 7.88. The lowest BCUT2D eigenvalue weighted by atomic mass is 10.1. The first-order valence-corrected chi connectivity index (χ1v) is 5.85. The van der Waals surface area contributed by atoms with Crippen LogP contribution in [-0.2, 0) is 0 Å². The first-order valence-electron chi connectivity index (χ1n) is 5.85. The highest BCUT2D eigenvalue weighted by molar-refractivity contribution is 5.66. The average molecular weight is 272 g/mol. The van der Waals surface area contributed by atoms with Crippen molar-refractivity contribution in [1.29, 1.82) is 15.8 Å². The van der Waals surface area contributed by atoms with Crippen LogP contribution in [0, 0.1) is 34.0 Å². The third-order valence-corrected chi connectivity index (χ3v) is 2.63. The number of allylic oxidation sites excluding steroid dienone is 2. The van der Waals surface area contributed by atoms with Crippen molar-refractivity contribution in [3.63, 3.8) is 0 Å². The third kappa shape index (κ3) is 3.20. The number of nitriles is 3. The van der Waals surface area contributed by atoms with Gasteiger partial charge in [0.1, 0.15) is 30.2 Å². The van der Waals surface area contributed by atoms with Gasteiger partial charge in [-0.1, -0.05) is 12.1 Å². The summed E-state index contributed by atoms with van der Waals surface area (Å²) in [6.45, 7) is 0. The van der Waals surface area contributed by atoms with Crippen molar-refractivity contribution >= 4 is 5.69 Å². The van der Waals surface area contributed by atoms with Crippen LogP contribution in [0.15, 0.2) is 54.3 Å². The van der Waals surface area contributed by atoms with Gasteiger partial charge in [0, 0.05) is 23.6 Å². The number of hydrogen-bond donors (Lipinski definition) is 1. The Morgan fingerprint density at radius 2 is 1.48 bits per heavy atom. The standard InChI is InChI=1S/C15H8N6/c16-5-12(6-17)15(7-18)21-14-3-1-11(2-4-14)13-8-19-10-20-9-13/h1-4,8-10,21H. The first-order chi connectivity index (χ1) is 10.3. The first kappa shape index (κ1) is 13.7. The fourth-order valence-corrected chi connectivity index (χ4v) is 1.62. The van der Waals surface area contributed by atoms with Crippen molar-refractivity contribution in [3.05, 3.63) is 54.3 Å². The number of hydrogen-bond acceptors (Lipinski definition) is 6.